The van der Waals surface area contributed by atoms with E-state index in [-0.39, 0.29) is 29.2 Å². The van der Waals surface area contributed by atoms with Crippen LogP contribution in [0, 0.1) is 17.8 Å². The Kier molecular flexibility index (Phi) is 2.25. The molecule has 0 radical (unpaired) electrons. The van der Waals surface area contributed by atoms with Crippen molar-refractivity contribution < 1.29 is 14.4 Å². The maximum absolute atomic E-state index is 11.6. The summed E-state index contributed by atoms with van der Waals surface area (Å²) in [6.07, 6.45) is 2.53. The molecule has 0 aliphatic heterocycles. The molecule has 2 aliphatic rings. The summed E-state index contributed by atoms with van der Waals surface area (Å²) >= 11 is 0. The van der Waals surface area contributed by atoms with Gasteiger partial charge in [-0.3, -0.25) is 14.4 Å². The van der Waals surface area contributed by atoms with Crippen molar-refractivity contribution in [3.8, 4) is 0 Å². The monoisotopic (exact) mass is 194 g/mol. The third-order valence-electron chi connectivity index (χ3n) is 3.01. The Labute approximate surface area is 82.9 Å². The van der Waals surface area contributed by atoms with Gasteiger partial charge in [0.1, 0.15) is 5.92 Å². The summed E-state index contributed by atoms with van der Waals surface area (Å²) in [5, 5.41) is 0. The Morgan fingerprint density at radius 2 is 1.64 bits per heavy atom. The Morgan fingerprint density at radius 1 is 1.14 bits per heavy atom. The van der Waals surface area contributed by atoms with Crippen LogP contribution in [0.1, 0.15) is 32.6 Å². The molecule has 0 spiro atoms. The van der Waals surface area contributed by atoms with Gasteiger partial charge in [0.25, 0.3) is 0 Å². The highest BCUT2D eigenvalue weighted by Crippen LogP contribution is 2.35. The summed E-state index contributed by atoms with van der Waals surface area (Å²) in [7, 11) is 0. The van der Waals surface area contributed by atoms with E-state index in [4.69, 9.17) is 0 Å². The summed E-state index contributed by atoms with van der Waals surface area (Å²) in [5.74, 6) is -1.15. The van der Waals surface area contributed by atoms with Gasteiger partial charge < -0.3 is 0 Å². The standard InChI is InChI=1S/C11H14O3/c1-6-4-8(12)10(9(13)5-6)11(14)7-2-3-7/h6-7,10H,2-5H2,1H3. The first-order chi connectivity index (χ1) is 6.59. The molecule has 2 aliphatic carbocycles. The molecule has 0 heterocycles. The summed E-state index contributed by atoms with van der Waals surface area (Å²) in [6, 6.07) is 0. The van der Waals surface area contributed by atoms with E-state index in [1.165, 1.54) is 0 Å². The molecular weight excluding hydrogens is 180 g/mol. The minimum Gasteiger partial charge on any atom is -0.298 e. The van der Waals surface area contributed by atoms with Crippen LogP contribution in [0.15, 0.2) is 0 Å². The molecule has 0 saturated heterocycles. The molecule has 2 saturated carbocycles. The van der Waals surface area contributed by atoms with Crippen molar-refractivity contribution in [3.63, 3.8) is 0 Å². The number of hydrogen-bond donors (Lipinski definition) is 0. The van der Waals surface area contributed by atoms with Gasteiger partial charge >= 0.3 is 0 Å². The molecule has 0 atom stereocenters. The number of rotatable bonds is 2. The topological polar surface area (TPSA) is 51.2 Å². The molecule has 14 heavy (non-hydrogen) atoms. The number of Topliss-reactive ketones (excluding diaryl/α,β-unsaturated/α-hetero) is 3. The van der Waals surface area contributed by atoms with Crippen LogP contribution >= 0.6 is 0 Å². The van der Waals surface area contributed by atoms with E-state index < -0.39 is 5.92 Å². The summed E-state index contributed by atoms with van der Waals surface area (Å²) < 4.78 is 0. The normalized spacial score (nSPS) is 33.2. The minimum atomic E-state index is -0.890. The lowest BCUT2D eigenvalue weighted by molar-refractivity contribution is -0.143. The fourth-order valence-corrected chi connectivity index (χ4v) is 2.10. The van der Waals surface area contributed by atoms with Crippen molar-refractivity contribution in [1.82, 2.24) is 0 Å². The lowest BCUT2D eigenvalue weighted by atomic mass is 9.78. The van der Waals surface area contributed by atoms with E-state index in [1.807, 2.05) is 6.92 Å². The highest BCUT2D eigenvalue weighted by Gasteiger charge is 2.44. The quantitative estimate of drug-likeness (QED) is 0.619. The van der Waals surface area contributed by atoms with Crippen molar-refractivity contribution in [2.24, 2.45) is 17.8 Å². The number of hydrogen-bond acceptors (Lipinski definition) is 3. The first kappa shape index (κ1) is 9.56. The summed E-state index contributed by atoms with van der Waals surface area (Å²) in [4.78, 5) is 34.7. The van der Waals surface area contributed by atoms with E-state index in [0.29, 0.717) is 12.8 Å². The Balaban J connectivity index is 2.12. The zero-order valence-electron chi connectivity index (χ0n) is 8.29. The Bertz CT molecular complexity index is 284. The predicted molar refractivity (Wildman–Crippen MR) is 49.6 cm³/mol. The molecule has 3 nitrogen and oxygen atoms in total. The van der Waals surface area contributed by atoms with Crippen LogP contribution < -0.4 is 0 Å². The van der Waals surface area contributed by atoms with Gasteiger partial charge in [0.15, 0.2) is 17.3 Å². The van der Waals surface area contributed by atoms with E-state index in [0.717, 1.165) is 12.8 Å². The second kappa shape index (κ2) is 3.30. The highest BCUT2D eigenvalue weighted by molar-refractivity contribution is 6.21. The van der Waals surface area contributed by atoms with Crippen molar-refractivity contribution in [3.05, 3.63) is 0 Å². The molecule has 0 bridgehead atoms. The average molecular weight is 194 g/mol. The number of ketones is 3. The van der Waals surface area contributed by atoms with Crippen LogP contribution in [0.5, 0.6) is 0 Å². The molecule has 0 aromatic rings. The van der Waals surface area contributed by atoms with E-state index >= 15 is 0 Å². The van der Waals surface area contributed by atoms with Crippen LogP contribution in [0.4, 0.5) is 0 Å². The van der Waals surface area contributed by atoms with Gasteiger partial charge in [-0.2, -0.15) is 0 Å². The summed E-state index contributed by atoms with van der Waals surface area (Å²) in [6.45, 7) is 1.88. The molecule has 2 fully saturated rings. The maximum atomic E-state index is 11.6. The fourth-order valence-electron chi connectivity index (χ4n) is 2.10. The first-order valence-corrected chi connectivity index (χ1v) is 5.18. The van der Waals surface area contributed by atoms with Gasteiger partial charge in [0.2, 0.25) is 0 Å². The zero-order chi connectivity index (χ0) is 10.3. The van der Waals surface area contributed by atoms with Crippen molar-refractivity contribution in [1.29, 1.82) is 0 Å². The molecule has 76 valence electrons. The van der Waals surface area contributed by atoms with Crippen molar-refractivity contribution >= 4 is 17.3 Å². The Morgan fingerprint density at radius 3 is 2.07 bits per heavy atom. The molecular formula is C11H14O3. The van der Waals surface area contributed by atoms with Crippen LogP contribution in [-0.4, -0.2) is 17.3 Å². The molecule has 0 amide bonds. The van der Waals surface area contributed by atoms with Gasteiger partial charge in [0, 0.05) is 18.8 Å². The molecule has 3 heteroatoms. The third-order valence-corrected chi connectivity index (χ3v) is 3.01. The number of carbonyl (C=O) groups excluding carboxylic acids is 3. The third kappa shape index (κ3) is 1.63. The van der Waals surface area contributed by atoms with Crippen LogP contribution in [0.25, 0.3) is 0 Å². The lowest BCUT2D eigenvalue weighted by Gasteiger charge is -2.22. The van der Waals surface area contributed by atoms with Crippen LogP contribution in [-0.2, 0) is 14.4 Å². The van der Waals surface area contributed by atoms with Gasteiger partial charge in [-0.15, -0.1) is 0 Å². The van der Waals surface area contributed by atoms with E-state index in [2.05, 4.69) is 0 Å². The Hall–Kier alpha value is -0.990. The molecule has 0 aromatic heterocycles. The van der Waals surface area contributed by atoms with Crippen LogP contribution in [0.2, 0.25) is 0 Å². The van der Waals surface area contributed by atoms with E-state index in [1.54, 1.807) is 0 Å². The van der Waals surface area contributed by atoms with Gasteiger partial charge in [-0.05, 0) is 18.8 Å². The smallest absolute Gasteiger partial charge is 0.153 e. The van der Waals surface area contributed by atoms with Gasteiger partial charge in [-0.1, -0.05) is 6.92 Å². The zero-order valence-corrected chi connectivity index (χ0v) is 8.29. The van der Waals surface area contributed by atoms with Crippen molar-refractivity contribution in [2.75, 3.05) is 0 Å². The van der Waals surface area contributed by atoms with Gasteiger partial charge in [-0.25, -0.2) is 0 Å². The highest BCUT2D eigenvalue weighted by atomic mass is 16.2. The molecule has 0 aromatic carbocycles. The van der Waals surface area contributed by atoms with E-state index in [9.17, 15) is 14.4 Å². The fraction of sp³-hybridized carbons (Fsp3) is 0.727. The van der Waals surface area contributed by atoms with Crippen molar-refractivity contribution in [2.45, 2.75) is 32.6 Å². The molecule has 2 rings (SSSR count). The SMILES string of the molecule is CC1CC(=O)C(C(=O)C2CC2)C(=O)C1. The largest absolute Gasteiger partial charge is 0.298 e. The second-order valence-corrected chi connectivity index (χ2v) is 4.56. The van der Waals surface area contributed by atoms with Gasteiger partial charge in [0.05, 0.1) is 0 Å². The minimum absolute atomic E-state index is 0.0151. The number of carbonyl (C=O) groups is 3. The molecule has 0 unspecified atom stereocenters. The van der Waals surface area contributed by atoms with Crippen LogP contribution in [0.3, 0.4) is 0 Å². The molecule has 0 N–H and O–H groups in total. The summed E-state index contributed by atoms with van der Waals surface area (Å²) in [5.41, 5.74) is 0. The average Bonchev–Trinajstić information content (AvgIpc) is 2.83. The lowest BCUT2D eigenvalue weighted by Crippen LogP contribution is -2.38. The first-order valence-electron chi connectivity index (χ1n) is 5.18. The maximum Gasteiger partial charge on any atom is 0.153 e. The predicted octanol–water partition coefficient (Wildman–Crippen LogP) is 1.15. The second-order valence-electron chi connectivity index (χ2n) is 4.56.